The second-order valence-corrected chi connectivity index (χ2v) is 5.36. The summed E-state index contributed by atoms with van der Waals surface area (Å²) in [7, 11) is 6.10. The molecule has 0 aromatic carbocycles. The minimum absolute atomic E-state index is 0.724. The Balaban J connectivity index is 2.85. The largest absolute Gasteiger partial charge is 0.355 e. The van der Waals surface area contributed by atoms with Crippen molar-refractivity contribution < 1.29 is 0 Å². The molecule has 0 spiro atoms. The molecule has 0 fully saturated rings. The molecular weight excluding hydrogens is 260 g/mol. The van der Waals surface area contributed by atoms with Gasteiger partial charge in [0.25, 0.3) is 0 Å². The summed E-state index contributed by atoms with van der Waals surface area (Å²) in [6.45, 7) is 5.97. The predicted molar refractivity (Wildman–Crippen MR) is 83.1 cm³/mol. The summed E-state index contributed by atoms with van der Waals surface area (Å²) < 4.78 is 0. The van der Waals surface area contributed by atoms with Crippen LogP contribution in [-0.4, -0.2) is 50.7 Å². The fourth-order valence-electron chi connectivity index (χ4n) is 1.90. The molecule has 0 bridgehead atoms. The Morgan fingerprint density at radius 2 is 2.00 bits per heavy atom. The molecule has 108 valence electrons. The summed E-state index contributed by atoms with van der Waals surface area (Å²) in [5, 5.41) is 3.86. The van der Waals surface area contributed by atoms with Crippen LogP contribution < -0.4 is 10.2 Å². The Kier molecular flexibility index (Phi) is 7.13. The van der Waals surface area contributed by atoms with Gasteiger partial charge in [-0.2, -0.15) is 0 Å². The predicted octanol–water partition coefficient (Wildman–Crippen LogP) is 2.23. The Morgan fingerprint density at radius 3 is 2.58 bits per heavy atom. The number of nitrogens with one attached hydrogen (secondary N) is 1. The maximum Gasteiger partial charge on any atom is 0.128 e. The SMILES string of the molecule is CCCN(CCN(C)C)c1cc(CNC)c(Cl)cn1. The molecule has 19 heavy (non-hydrogen) atoms. The number of anilines is 1. The zero-order valence-electron chi connectivity index (χ0n) is 12.4. The van der Waals surface area contributed by atoms with Gasteiger partial charge >= 0.3 is 0 Å². The first-order valence-corrected chi connectivity index (χ1v) is 7.15. The van der Waals surface area contributed by atoms with Crippen molar-refractivity contribution >= 4 is 17.4 Å². The highest BCUT2D eigenvalue weighted by Crippen LogP contribution is 2.20. The third-order valence-electron chi connectivity index (χ3n) is 2.92. The summed E-state index contributed by atoms with van der Waals surface area (Å²) in [4.78, 5) is 8.97. The lowest BCUT2D eigenvalue weighted by molar-refractivity contribution is 0.412. The van der Waals surface area contributed by atoms with Gasteiger partial charge in [0.2, 0.25) is 0 Å². The molecule has 0 aliphatic rings. The van der Waals surface area contributed by atoms with Crippen molar-refractivity contribution in [3.63, 3.8) is 0 Å². The zero-order chi connectivity index (χ0) is 14.3. The van der Waals surface area contributed by atoms with E-state index >= 15 is 0 Å². The number of nitrogens with zero attached hydrogens (tertiary/aromatic N) is 3. The normalized spacial score (nSPS) is 11.1. The van der Waals surface area contributed by atoms with Gasteiger partial charge in [0.15, 0.2) is 0 Å². The minimum Gasteiger partial charge on any atom is -0.355 e. The quantitative estimate of drug-likeness (QED) is 0.793. The van der Waals surface area contributed by atoms with Gasteiger partial charge in [-0.25, -0.2) is 4.98 Å². The Morgan fingerprint density at radius 1 is 1.26 bits per heavy atom. The molecule has 1 N–H and O–H groups in total. The smallest absolute Gasteiger partial charge is 0.128 e. The molecule has 0 amide bonds. The second-order valence-electron chi connectivity index (χ2n) is 4.95. The van der Waals surface area contributed by atoms with Crippen LogP contribution >= 0.6 is 11.6 Å². The van der Waals surface area contributed by atoms with Crippen LogP contribution in [0, 0.1) is 0 Å². The fraction of sp³-hybridized carbons (Fsp3) is 0.643. The van der Waals surface area contributed by atoms with E-state index < -0.39 is 0 Å². The number of hydrogen-bond donors (Lipinski definition) is 1. The van der Waals surface area contributed by atoms with Crippen LogP contribution in [-0.2, 0) is 6.54 Å². The summed E-state index contributed by atoms with van der Waals surface area (Å²) in [6.07, 6.45) is 2.86. The van der Waals surface area contributed by atoms with Crippen molar-refractivity contribution in [2.75, 3.05) is 45.7 Å². The van der Waals surface area contributed by atoms with Crippen LogP contribution in [0.3, 0.4) is 0 Å². The number of pyridine rings is 1. The van der Waals surface area contributed by atoms with Gasteiger partial charge in [-0.1, -0.05) is 18.5 Å². The maximum absolute atomic E-state index is 6.16. The summed E-state index contributed by atoms with van der Waals surface area (Å²) in [5.41, 5.74) is 1.10. The number of likely N-dealkylation sites (N-methyl/N-ethyl adjacent to an activating group) is 1. The van der Waals surface area contributed by atoms with Gasteiger partial charge in [-0.15, -0.1) is 0 Å². The second kappa shape index (κ2) is 8.35. The van der Waals surface area contributed by atoms with Crippen molar-refractivity contribution in [1.82, 2.24) is 15.2 Å². The first kappa shape index (κ1) is 16.2. The van der Waals surface area contributed by atoms with Gasteiger partial charge in [0, 0.05) is 32.4 Å². The average Bonchev–Trinajstić information content (AvgIpc) is 2.37. The van der Waals surface area contributed by atoms with Gasteiger partial charge in [0.1, 0.15) is 5.82 Å². The van der Waals surface area contributed by atoms with E-state index in [2.05, 4.69) is 47.2 Å². The standard InChI is InChI=1S/C14H25ClN4/c1-5-6-19(8-7-18(3)4)14-9-12(10-16-2)13(15)11-17-14/h9,11,16H,5-8,10H2,1-4H3. The molecule has 1 heterocycles. The van der Waals surface area contributed by atoms with E-state index in [9.17, 15) is 0 Å². The maximum atomic E-state index is 6.16. The highest BCUT2D eigenvalue weighted by molar-refractivity contribution is 6.31. The van der Waals surface area contributed by atoms with Crippen LogP contribution in [0.1, 0.15) is 18.9 Å². The van der Waals surface area contributed by atoms with Gasteiger partial charge in [-0.05, 0) is 39.2 Å². The highest BCUT2D eigenvalue weighted by Gasteiger charge is 2.10. The Hall–Kier alpha value is -0.840. The molecule has 0 aliphatic carbocycles. The first-order valence-electron chi connectivity index (χ1n) is 6.77. The monoisotopic (exact) mass is 284 g/mol. The van der Waals surface area contributed by atoms with Crippen molar-refractivity contribution in [3.05, 3.63) is 22.8 Å². The topological polar surface area (TPSA) is 31.4 Å². The lowest BCUT2D eigenvalue weighted by atomic mass is 10.2. The van der Waals surface area contributed by atoms with Crippen LogP contribution in [0.25, 0.3) is 0 Å². The van der Waals surface area contributed by atoms with Gasteiger partial charge in [0.05, 0.1) is 5.02 Å². The van der Waals surface area contributed by atoms with Crippen molar-refractivity contribution in [2.24, 2.45) is 0 Å². The summed E-state index contributed by atoms with van der Waals surface area (Å²) in [6, 6.07) is 2.09. The van der Waals surface area contributed by atoms with Crippen LogP contribution in [0.5, 0.6) is 0 Å². The average molecular weight is 285 g/mol. The van der Waals surface area contributed by atoms with Crippen LogP contribution in [0.2, 0.25) is 5.02 Å². The highest BCUT2D eigenvalue weighted by atomic mass is 35.5. The van der Waals surface area contributed by atoms with E-state index in [-0.39, 0.29) is 0 Å². The molecule has 0 saturated carbocycles. The van der Waals surface area contributed by atoms with Crippen molar-refractivity contribution in [2.45, 2.75) is 19.9 Å². The number of rotatable bonds is 8. The van der Waals surface area contributed by atoms with E-state index in [1.807, 2.05) is 7.05 Å². The fourth-order valence-corrected chi connectivity index (χ4v) is 2.07. The molecule has 1 aromatic heterocycles. The van der Waals surface area contributed by atoms with Crippen LogP contribution in [0.15, 0.2) is 12.3 Å². The lowest BCUT2D eigenvalue weighted by Gasteiger charge is -2.25. The zero-order valence-corrected chi connectivity index (χ0v) is 13.2. The Bertz CT molecular complexity index is 382. The molecule has 0 aliphatic heterocycles. The molecule has 5 heteroatoms. The van der Waals surface area contributed by atoms with E-state index in [0.29, 0.717) is 0 Å². The summed E-state index contributed by atoms with van der Waals surface area (Å²) >= 11 is 6.16. The molecule has 0 atom stereocenters. The number of halogens is 1. The van der Waals surface area contributed by atoms with E-state index in [4.69, 9.17) is 11.6 Å². The minimum atomic E-state index is 0.724. The van der Waals surface area contributed by atoms with Crippen molar-refractivity contribution in [1.29, 1.82) is 0 Å². The summed E-state index contributed by atoms with van der Waals surface area (Å²) in [5.74, 6) is 1.01. The third-order valence-corrected chi connectivity index (χ3v) is 3.26. The molecule has 0 radical (unpaired) electrons. The molecule has 1 rings (SSSR count). The molecule has 0 saturated heterocycles. The van der Waals surface area contributed by atoms with Gasteiger partial charge < -0.3 is 15.1 Å². The number of aromatic nitrogens is 1. The molecule has 4 nitrogen and oxygen atoms in total. The van der Waals surface area contributed by atoms with E-state index in [1.165, 1.54) is 0 Å². The van der Waals surface area contributed by atoms with Crippen molar-refractivity contribution in [3.8, 4) is 0 Å². The van der Waals surface area contributed by atoms with Gasteiger partial charge in [-0.3, -0.25) is 0 Å². The number of hydrogen-bond acceptors (Lipinski definition) is 4. The lowest BCUT2D eigenvalue weighted by Crippen LogP contribution is -2.33. The van der Waals surface area contributed by atoms with Crippen LogP contribution in [0.4, 0.5) is 5.82 Å². The molecular formula is C14H25ClN4. The Labute approximate surface area is 121 Å². The van der Waals surface area contributed by atoms with E-state index in [1.54, 1.807) is 6.20 Å². The van der Waals surface area contributed by atoms with E-state index in [0.717, 1.165) is 49.0 Å². The molecule has 1 aromatic rings. The third kappa shape index (κ3) is 5.35. The molecule has 0 unspecified atom stereocenters. The first-order chi connectivity index (χ1) is 9.08.